The van der Waals surface area contributed by atoms with E-state index in [2.05, 4.69) is 10.1 Å². The topological polar surface area (TPSA) is 102 Å². The fourth-order valence-corrected chi connectivity index (χ4v) is 4.18. The number of esters is 1. The molecule has 4 amide bonds. The van der Waals surface area contributed by atoms with Crippen molar-refractivity contribution < 1.29 is 28.7 Å². The highest BCUT2D eigenvalue weighted by Crippen LogP contribution is 2.35. The van der Waals surface area contributed by atoms with Crippen molar-refractivity contribution in [2.75, 3.05) is 12.0 Å². The quantitative estimate of drug-likeness (QED) is 0.237. The molecule has 0 atom stereocenters. The Labute approximate surface area is 226 Å². The minimum Gasteiger partial charge on any atom is -0.487 e. The van der Waals surface area contributed by atoms with E-state index in [1.807, 2.05) is 0 Å². The van der Waals surface area contributed by atoms with Crippen molar-refractivity contribution in [1.82, 2.24) is 5.32 Å². The van der Waals surface area contributed by atoms with Gasteiger partial charge in [-0.25, -0.2) is 14.5 Å². The second-order valence-electron chi connectivity index (χ2n) is 7.72. The summed E-state index contributed by atoms with van der Waals surface area (Å²) < 4.78 is 10.5. The Morgan fingerprint density at radius 1 is 0.946 bits per heavy atom. The minimum absolute atomic E-state index is 0.117. The lowest BCUT2D eigenvalue weighted by molar-refractivity contribution is -0.122. The van der Waals surface area contributed by atoms with E-state index in [1.165, 1.54) is 49.6 Å². The second-order valence-corrected chi connectivity index (χ2v) is 9.00. The summed E-state index contributed by atoms with van der Waals surface area (Å²) in [6.07, 6.45) is 1.24. The molecule has 188 valence electrons. The van der Waals surface area contributed by atoms with Crippen LogP contribution in [0.2, 0.25) is 15.1 Å². The van der Waals surface area contributed by atoms with E-state index in [0.29, 0.717) is 5.02 Å². The van der Waals surface area contributed by atoms with Gasteiger partial charge in [-0.1, -0.05) is 46.9 Å². The number of carbonyl (C=O) groups is 4. The molecule has 0 aliphatic carbocycles. The molecule has 1 aliphatic heterocycles. The lowest BCUT2D eigenvalue weighted by Gasteiger charge is -2.26. The van der Waals surface area contributed by atoms with Crippen LogP contribution in [0.3, 0.4) is 0 Å². The Morgan fingerprint density at radius 2 is 1.62 bits per heavy atom. The first kappa shape index (κ1) is 26.2. The number of barbiturate groups is 1. The molecule has 3 aromatic rings. The van der Waals surface area contributed by atoms with Crippen molar-refractivity contribution in [2.24, 2.45) is 0 Å². The first-order valence-electron chi connectivity index (χ1n) is 10.6. The van der Waals surface area contributed by atoms with Crippen LogP contribution in [0.5, 0.6) is 5.75 Å². The average Bonchev–Trinajstić information content (AvgIpc) is 2.86. The molecule has 1 heterocycles. The summed E-state index contributed by atoms with van der Waals surface area (Å²) in [6.45, 7) is 0.117. The van der Waals surface area contributed by atoms with Gasteiger partial charge < -0.3 is 9.47 Å². The maximum absolute atomic E-state index is 13.3. The summed E-state index contributed by atoms with van der Waals surface area (Å²) in [6, 6.07) is 14.5. The van der Waals surface area contributed by atoms with Gasteiger partial charge in [-0.15, -0.1) is 0 Å². The Morgan fingerprint density at radius 3 is 2.27 bits per heavy atom. The van der Waals surface area contributed by atoms with E-state index in [-0.39, 0.29) is 44.8 Å². The Balaban J connectivity index is 1.68. The maximum atomic E-state index is 13.3. The summed E-state index contributed by atoms with van der Waals surface area (Å²) in [5.41, 5.74) is 1.05. The van der Waals surface area contributed by atoms with Gasteiger partial charge in [0.05, 0.1) is 23.4 Å². The third-order valence-electron chi connectivity index (χ3n) is 5.28. The summed E-state index contributed by atoms with van der Waals surface area (Å²) in [5.74, 6) is -2.20. The molecule has 1 saturated heterocycles. The third kappa shape index (κ3) is 5.77. The van der Waals surface area contributed by atoms with Crippen molar-refractivity contribution >= 4 is 70.4 Å². The van der Waals surface area contributed by atoms with Crippen molar-refractivity contribution in [1.29, 1.82) is 0 Å². The number of carbonyl (C=O) groups excluding carboxylic acids is 4. The molecule has 0 aromatic heterocycles. The number of hydrogen-bond donors (Lipinski definition) is 1. The molecule has 4 rings (SSSR count). The number of amides is 4. The zero-order chi connectivity index (χ0) is 26.7. The van der Waals surface area contributed by atoms with Gasteiger partial charge in [0.1, 0.15) is 17.9 Å². The SMILES string of the molecule is COC(=O)c1ccc(N2C(=O)NC(=O)/C(=C\c3cc(Cl)cc(Cl)c3OCc3ccc(Cl)cc3)C2=O)cc1. The van der Waals surface area contributed by atoms with Gasteiger partial charge in [0.25, 0.3) is 11.8 Å². The fourth-order valence-electron chi connectivity index (χ4n) is 3.49. The number of urea groups is 1. The maximum Gasteiger partial charge on any atom is 0.337 e. The predicted octanol–water partition coefficient (Wildman–Crippen LogP) is 5.68. The number of nitrogens with one attached hydrogen (secondary N) is 1. The van der Waals surface area contributed by atoms with Crippen molar-refractivity contribution in [2.45, 2.75) is 6.61 Å². The van der Waals surface area contributed by atoms with Crippen LogP contribution in [0.1, 0.15) is 21.5 Å². The highest BCUT2D eigenvalue weighted by atomic mass is 35.5. The van der Waals surface area contributed by atoms with Gasteiger partial charge in [0.2, 0.25) is 0 Å². The summed E-state index contributed by atoms with van der Waals surface area (Å²) >= 11 is 18.5. The van der Waals surface area contributed by atoms with Crippen LogP contribution in [0, 0.1) is 0 Å². The number of nitrogens with zero attached hydrogens (tertiary/aromatic N) is 1. The Kier molecular flexibility index (Phi) is 7.83. The van der Waals surface area contributed by atoms with Crippen molar-refractivity contribution in [3.8, 4) is 5.75 Å². The minimum atomic E-state index is -0.943. The second kappa shape index (κ2) is 11.0. The fraction of sp³-hybridized carbons (Fsp3) is 0.0769. The van der Waals surface area contributed by atoms with Gasteiger partial charge in [0.15, 0.2) is 0 Å². The van der Waals surface area contributed by atoms with Crippen LogP contribution >= 0.6 is 34.8 Å². The van der Waals surface area contributed by atoms with E-state index in [9.17, 15) is 19.2 Å². The number of benzene rings is 3. The van der Waals surface area contributed by atoms with Gasteiger partial charge in [-0.2, -0.15) is 0 Å². The largest absolute Gasteiger partial charge is 0.487 e. The van der Waals surface area contributed by atoms with Gasteiger partial charge >= 0.3 is 12.0 Å². The van der Waals surface area contributed by atoms with Gasteiger partial charge in [-0.3, -0.25) is 14.9 Å². The standard InChI is InChI=1S/C26H17Cl3N2O6/c1-36-25(34)15-4-8-19(9-5-15)31-24(33)20(23(32)30-26(31)35)11-16-10-18(28)12-21(29)22(16)37-13-14-2-6-17(27)7-3-14/h2-12H,13H2,1H3,(H,30,32,35)/b20-11+. The van der Waals surface area contributed by atoms with Crippen LogP contribution in [0.25, 0.3) is 6.08 Å². The summed E-state index contributed by atoms with van der Waals surface area (Å²) in [5, 5.41) is 3.10. The van der Waals surface area contributed by atoms with Crippen LogP contribution in [0.15, 0.2) is 66.2 Å². The molecule has 0 spiro atoms. The van der Waals surface area contributed by atoms with E-state index in [4.69, 9.17) is 39.5 Å². The molecular weight excluding hydrogens is 543 g/mol. The normalized spacial score (nSPS) is 14.5. The molecule has 37 heavy (non-hydrogen) atoms. The number of rotatable bonds is 6. The van der Waals surface area contributed by atoms with E-state index in [0.717, 1.165) is 10.5 Å². The highest BCUT2D eigenvalue weighted by molar-refractivity contribution is 6.40. The molecular formula is C26H17Cl3N2O6. The number of methoxy groups -OCH3 is 1. The zero-order valence-electron chi connectivity index (χ0n) is 19.1. The monoisotopic (exact) mass is 558 g/mol. The molecule has 0 bridgehead atoms. The molecule has 1 aliphatic rings. The van der Waals surface area contributed by atoms with E-state index in [1.54, 1.807) is 24.3 Å². The molecule has 1 fully saturated rings. The van der Waals surface area contributed by atoms with Crippen molar-refractivity contribution in [3.63, 3.8) is 0 Å². The first-order chi connectivity index (χ1) is 17.7. The summed E-state index contributed by atoms with van der Waals surface area (Å²) in [7, 11) is 1.23. The van der Waals surface area contributed by atoms with Crippen molar-refractivity contribution in [3.05, 3.63) is 98.0 Å². The van der Waals surface area contributed by atoms with Gasteiger partial charge in [-0.05, 0) is 60.2 Å². The zero-order valence-corrected chi connectivity index (χ0v) is 21.4. The average molecular weight is 560 g/mol. The third-order valence-corrected chi connectivity index (χ3v) is 6.03. The van der Waals surface area contributed by atoms with Crippen LogP contribution in [-0.4, -0.2) is 30.9 Å². The Bertz CT molecular complexity index is 1440. The molecule has 0 unspecified atom stereocenters. The lowest BCUT2D eigenvalue weighted by atomic mass is 10.1. The molecule has 8 nitrogen and oxygen atoms in total. The van der Waals surface area contributed by atoms with Crippen LogP contribution < -0.4 is 15.0 Å². The molecule has 11 heteroatoms. The number of hydrogen-bond acceptors (Lipinski definition) is 6. The predicted molar refractivity (Wildman–Crippen MR) is 139 cm³/mol. The molecule has 0 radical (unpaired) electrons. The van der Waals surface area contributed by atoms with E-state index < -0.39 is 23.8 Å². The molecule has 0 saturated carbocycles. The Hall–Kier alpha value is -3.85. The number of imide groups is 2. The smallest absolute Gasteiger partial charge is 0.337 e. The van der Waals surface area contributed by atoms with Gasteiger partial charge in [0, 0.05) is 15.6 Å². The van der Waals surface area contributed by atoms with Crippen LogP contribution in [-0.2, 0) is 20.9 Å². The number of anilines is 1. The van der Waals surface area contributed by atoms with Crippen LogP contribution in [0.4, 0.5) is 10.5 Å². The highest BCUT2D eigenvalue weighted by Gasteiger charge is 2.37. The lowest BCUT2D eigenvalue weighted by Crippen LogP contribution is -2.54. The first-order valence-corrected chi connectivity index (χ1v) is 11.8. The number of halogens is 3. The molecule has 3 aromatic carbocycles. The van der Waals surface area contributed by atoms with E-state index >= 15 is 0 Å². The molecule has 1 N–H and O–H groups in total. The number of ether oxygens (including phenoxy) is 2. The summed E-state index contributed by atoms with van der Waals surface area (Å²) in [4.78, 5) is 50.9.